The molecule has 112 valence electrons. The number of nitrogens with zero attached hydrogens (tertiary/aromatic N) is 3. The number of carbonyl (C=O) groups is 1. The second kappa shape index (κ2) is 5.38. The Kier molecular flexibility index (Phi) is 3.54. The molecule has 3 rings (SSSR count). The van der Waals surface area contributed by atoms with E-state index in [1.165, 1.54) is 4.90 Å². The average molecular weight is 312 g/mol. The Morgan fingerprint density at radius 2 is 2.05 bits per heavy atom. The minimum Gasteiger partial charge on any atom is -0.327 e. The Labute approximate surface area is 134 Å². The van der Waals surface area contributed by atoms with E-state index in [4.69, 9.17) is 12.2 Å². The van der Waals surface area contributed by atoms with E-state index >= 15 is 0 Å². The molecule has 2 aromatic rings. The summed E-state index contributed by atoms with van der Waals surface area (Å²) in [7, 11) is 1.84. The third-order valence-corrected chi connectivity index (χ3v) is 3.75. The molecule has 1 aliphatic heterocycles. The van der Waals surface area contributed by atoms with Gasteiger partial charge in [-0.1, -0.05) is 12.1 Å². The number of amides is 1. The second-order valence-electron chi connectivity index (χ2n) is 5.30. The van der Waals surface area contributed by atoms with Gasteiger partial charge in [-0.3, -0.25) is 14.4 Å². The van der Waals surface area contributed by atoms with Crippen molar-refractivity contribution < 1.29 is 4.79 Å². The van der Waals surface area contributed by atoms with Gasteiger partial charge in [0.1, 0.15) is 5.70 Å². The molecule has 1 aliphatic rings. The fourth-order valence-electron chi connectivity index (χ4n) is 2.45. The van der Waals surface area contributed by atoms with Crippen molar-refractivity contribution in [1.82, 2.24) is 15.1 Å². The highest BCUT2D eigenvalue weighted by Gasteiger charge is 2.32. The zero-order chi connectivity index (χ0) is 15.9. The van der Waals surface area contributed by atoms with Crippen LogP contribution >= 0.6 is 12.2 Å². The van der Waals surface area contributed by atoms with E-state index in [1.54, 1.807) is 10.8 Å². The molecule has 22 heavy (non-hydrogen) atoms. The standard InChI is InChI=1S/C16H16N4OS/c1-10-5-4-6-12(7-10)20-15(21)14(17-16(20)22)9-13-8-11(2)18-19(13)3/h4-9H,1-3H3,(H,17,22)/b14-9+. The van der Waals surface area contributed by atoms with Gasteiger partial charge < -0.3 is 5.32 Å². The van der Waals surface area contributed by atoms with Crippen LogP contribution in [0.25, 0.3) is 6.08 Å². The topological polar surface area (TPSA) is 50.2 Å². The average Bonchev–Trinajstić information content (AvgIpc) is 2.90. The summed E-state index contributed by atoms with van der Waals surface area (Å²) in [5.74, 6) is -0.158. The first kappa shape index (κ1) is 14.5. The van der Waals surface area contributed by atoms with Crippen molar-refractivity contribution in [2.24, 2.45) is 7.05 Å². The SMILES string of the molecule is Cc1cccc(N2C(=O)/C(=C\c3cc(C)nn3C)NC2=S)c1. The number of hydrogen-bond donors (Lipinski definition) is 1. The van der Waals surface area contributed by atoms with Gasteiger partial charge in [0.25, 0.3) is 5.91 Å². The Morgan fingerprint density at radius 3 is 2.68 bits per heavy atom. The van der Waals surface area contributed by atoms with Crippen LogP contribution in [0.5, 0.6) is 0 Å². The molecule has 0 spiro atoms. The molecule has 1 aromatic heterocycles. The number of nitrogens with one attached hydrogen (secondary N) is 1. The van der Waals surface area contributed by atoms with Crippen molar-refractivity contribution in [2.45, 2.75) is 13.8 Å². The molecule has 1 aromatic carbocycles. The summed E-state index contributed by atoms with van der Waals surface area (Å²) in [6.07, 6.45) is 1.77. The summed E-state index contributed by atoms with van der Waals surface area (Å²) in [6.45, 7) is 3.89. The van der Waals surface area contributed by atoms with Crippen molar-refractivity contribution >= 4 is 35.0 Å². The van der Waals surface area contributed by atoms with Crippen LogP contribution in [0, 0.1) is 13.8 Å². The third kappa shape index (κ3) is 2.53. The lowest BCUT2D eigenvalue weighted by molar-refractivity contribution is -0.113. The van der Waals surface area contributed by atoms with Gasteiger partial charge in [-0.2, -0.15) is 5.10 Å². The van der Waals surface area contributed by atoms with Gasteiger partial charge in [0.2, 0.25) is 0 Å². The van der Waals surface area contributed by atoms with Crippen LogP contribution in [0.15, 0.2) is 36.0 Å². The molecule has 0 radical (unpaired) electrons. The molecule has 6 heteroatoms. The largest absolute Gasteiger partial charge is 0.327 e. The van der Waals surface area contributed by atoms with E-state index in [-0.39, 0.29) is 5.91 Å². The first-order valence-electron chi connectivity index (χ1n) is 6.90. The summed E-state index contributed by atoms with van der Waals surface area (Å²) < 4.78 is 1.73. The Bertz CT molecular complexity index is 806. The number of anilines is 1. The zero-order valence-corrected chi connectivity index (χ0v) is 13.4. The highest BCUT2D eigenvalue weighted by atomic mass is 32.1. The van der Waals surface area contributed by atoms with E-state index in [1.807, 2.05) is 51.2 Å². The molecule has 0 aliphatic carbocycles. The minimum absolute atomic E-state index is 0.158. The van der Waals surface area contributed by atoms with Crippen LogP contribution in [0.2, 0.25) is 0 Å². The normalized spacial score (nSPS) is 16.5. The molecule has 1 saturated heterocycles. The van der Waals surface area contributed by atoms with Gasteiger partial charge >= 0.3 is 0 Å². The molecular formula is C16H16N4OS. The lowest BCUT2D eigenvalue weighted by Gasteiger charge is -2.14. The first-order valence-corrected chi connectivity index (χ1v) is 7.31. The van der Waals surface area contributed by atoms with Gasteiger partial charge in [0.15, 0.2) is 5.11 Å². The quantitative estimate of drug-likeness (QED) is 0.683. The maximum absolute atomic E-state index is 12.6. The van der Waals surface area contributed by atoms with E-state index < -0.39 is 0 Å². The van der Waals surface area contributed by atoms with E-state index in [2.05, 4.69) is 10.4 Å². The first-order chi connectivity index (χ1) is 10.5. The second-order valence-corrected chi connectivity index (χ2v) is 5.69. The number of aryl methyl sites for hydroxylation is 3. The smallest absolute Gasteiger partial charge is 0.281 e. The number of rotatable bonds is 2. The molecule has 1 N–H and O–H groups in total. The Balaban J connectivity index is 1.96. The van der Waals surface area contributed by atoms with Gasteiger partial charge in [0.05, 0.1) is 17.1 Å². The third-order valence-electron chi connectivity index (χ3n) is 3.47. The molecule has 0 atom stereocenters. The van der Waals surface area contributed by atoms with Crippen molar-refractivity contribution in [3.05, 3.63) is 53.0 Å². The van der Waals surface area contributed by atoms with Gasteiger partial charge in [-0.25, -0.2) is 0 Å². The summed E-state index contributed by atoms with van der Waals surface area (Å²) in [6, 6.07) is 9.61. The molecule has 1 amide bonds. The molecular weight excluding hydrogens is 296 g/mol. The van der Waals surface area contributed by atoms with Crippen molar-refractivity contribution in [2.75, 3.05) is 4.90 Å². The fourth-order valence-corrected chi connectivity index (χ4v) is 2.75. The summed E-state index contributed by atoms with van der Waals surface area (Å²) in [4.78, 5) is 14.1. The van der Waals surface area contributed by atoms with E-state index in [0.717, 1.165) is 22.6 Å². The van der Waals surface area contributed by atoms with Gasteiger partial charge in [-0.15, -0.1) is 0 Å². The van der Waals surface area contributed by atoms with E-state index in [0.29, 0.717) is 10.8 Å². The highest BCUT2D eigenvalue weighted by Crippen LogP contribution is 2.23. The number of aromatic nitrogens is 2. The maximum Gasteiger partial charge on any atom is 0.281 e. The fraction of sp³-hybridized carbons (Fsp3) is 0.188. The van der Waals surface area contributed by atoms with Crippen LogP contribution < -0.4 is 10.2 Å². The maximum atomic E-state index is 12.6. The van der Waals surface area contributed by atoms with Gasteiger partial charge in [-0.05, 0) is 55.9 Å². The van der Waals surface area contributed by atoms with Crippen molar-refractivity contribution in [3.8, 4) is 0 Å². The predicted octanol–water partition coefficient (Wildman–Crippen LogP) is 2.30. The van der Waals surface area contributed by atoms with Crippen molar-refractivity contribution in [1.29, 1.82) is 0 Å². The van der Waals surface area contributed by atoms with E-state index in [9.17, 15) is 4.79 Å². The lowest BCUT2D eigenvalue weighted by atomic mass is 10.2. The highest BCUT2D eigenvalue weighted by molar-refractivity contribution is 7.80. The van der Waals surface area contributed by atoms with Crippen LogP contribution in [-0.2, 0) is 11.8 Å². The predicted molar refractivity (Wildman–Crippen MR) is 90.3 cm³/mol. The van der Waals surface area contributed by atoms with Crippen molar-refractivity contribution in [3.63, 3.8) is 0 Å². The minimum atomic E-state index is -0.158. The molecule has 0 bridgehead atoms. The van der Waals surface area contributed by atoms with Crippen LogP contribution in [0.3, 0.4) is 0 Å². The lowest BCUT2D eigenvalue weighted by Crippen LogP contribution is -2.30. The number of carbonyl (C=O) groups excluding carboxylic acids is 1. The molecule has 5 nitrogen and oxygen atoms in total. The molecule has 2 heterocycles. The number of benzene rings is 1. The summed E-state index contributed by atoms with van der Waals surface area (Å²) >= 11 is 5.30. The zero-order valence-electron chi connectivity index (χ0n) is 12.6. The molecule has 0 unspecified atom stereocenters. The van der Waals surface area contributed by atoms with Gasteiger partial charge in [0, 0.05) is 7.05 Å². The Morgan fingerprint density at radius 1 is 1.27 bits per heavy atom. The summed E-state index contributed by atoms with van der Waals surface area (Å²) in [5.41, 5.74) is 4.05. The van der Waals surface area contributed by atoms with Crippen LogP contribution in [0.4, 0.5) is 5.69 Å². The number of hydrogen-bond acceptors (Lipinski definition) is 3. The molecule has 0 saturated carbocycles. The summed E-state index contributed by atoms with van der Waals surface area (Å²) in [5, 5.41) is 7.65. The monoisotopic (exact) mass is 312 g/mol. The van der Waals surface area contributed by atoms with Crippen LogP contribution in [-0.4, -0.2) is 20.8 Å². The Hall–Kier alpha value is -2.47. The molecule has 1 fully saturated rings. The van der Waals surface area contributed by atoms with Crippen LogP contribution in [0.1, 0.15) is 17.0 Å². The number of thiocarbonyl (C=S) groups is 1.